The van der Waals surface area contributed by atoms with Gasteiger partial charge in [-0.25, -0.2) is 0 Å². The van der Waals surface area contributed by atoms with Crippen molar-refractivity contribution in [3.63, 3.8) is 0 Å². The van der Waals surface area contributed by atoms with Gasteiger partial charge in [-0.1, -0.05) is 20.3 Å². The SMILES string of the molecule is C[C@H]1C[C@@H](O)[C@H]2[C@](C)(CCC[C@]2(C)C(=O)O)[C@@]1(O)CCc1ccoc1. The summed E-state index contributed by atoms with van der Waals surface area (Å²) in [5.41, 5.74) is -1.61. The van der Waals surface area contributed by atoms with E-state index in [-0.39, 0.29) is 5.92 Å². The molecule has 2 aliphatic carbocycles. The number of carboxylic acid groups (broad SMARTS) is 1. The number of aliphatic carboxylic acids is 1. The number of aliphatic hydroxyl groups is 2. The molecule has 5 nitrogen and oxygen atoms in total. The van der Waals surface area contributed by atoms with Crippen molar-refractivity contribution in [1.29, 1.82) is 0 Å². The Kier molecular flexibility index (Phi) is 4.53. The van der Waals surface area contributed by atoms with Crippen molar-refractivity contribution in [1.82, 2.24) is 0 Å². The van der Waals surface area contributed by atoms with Crippen molar-refractivity contribution in [3.05, 3.63) is 24.2 Å². The number of aryl methyl sites for hydroxylation is 1. The molecular formula is C20H30O5. The average molecular weight is 350 g/mol. The molecule has 3 rings (SSSR count). The predicted octanol–water partition coefficient (Wildman–Crippen LogP) is 3.24. The van der Waals surface area contributed by atoms with Crippen LogP contribution in [0.4, 0.5) is 0 Å². The maximum atomic E-state index is 12.1. The lowest BCUT2D eigenvalue weighted by Gasteiger charge is -2.63. The summed E-state index contributed by atoms with van der Waals surface area (Å²) in [6, 6.07) is 1.90. The van der Waals surface area contributed by atoms with Gasteiger partial charge in [-0.05, 0) is 56.6 Å². The summed E-state index contributed by atoms with van der Waals surface area (Å²) in [6.45, 7) is 5.71. The second-order valence-corrected chi connectivity index (χ2v) is 8.73. The molecule has 5 heteroatoms. The Bertz CT molecular complexity index is 626. The third-order valence-corrected chi connectivity index (χ3v) is 7.41. The first-order valence-corrected chi connectivity index (χ1v) is 9.30. The van der Waals surface area contributed by atoms with Gasteiger partial charge in [0.15, 0.2) is 0 Å². The minimum absolute atomic E-state index is 0.0909. The summed E-state index contributed by atoms with van der Waals surface area (Å²) in [4.78, 5) is 12.1. The molecule has 0 aromatic carbocycles. The quantitative estimate of drug-likeness (QED) is 0.775. The molecule has 1 aromatic rings. The van der Waals surface area contributed by atoms with E-state index in [4.69, 9.17) is 4.42 Å². The van der Waals surface area contributed by atoms with Crippen molar-refractivity contribution in [2.75, 3.05) is 0 Å². The van der Waals surface area contributed by atoms with E-state index in [1.165, 1.54) is 0 Å². The Morgan fingerprint density at radius 2 is 2.08 bits per heavy atom. The van der Waals surface area contributed by atoms with E-state index in [1.54, 1.807) is 19.5 Å². The van der Waals surface area contributed by atoms with Gasteiger partial charge in [-0.15, -0.1) is 0 Å². The van der Waals surface area contributed by atoms with E-state index < -0.39 is 34.4 Å². The molecule has 2 saturated carbocycles. The fourth-order valence-electron chi connectivity index (χ4n) is 5.97. The molecule has 0 aliphatic heterocycles. The molecular weight excluding hydrogens is 320 g/mol. The maximum Gasteiger partial charge on any atom is 0.309 e. The summed E-state index contributed by atoms with van der Waals surface area (Å²) < 4.78 is 5.13. The standard InChI is InChI=1S/C20H30O5/c1-13-11-15(21)16-18(2,17(22)23)7-4-8-19(16,3)20(13,24)9-5-14-6-10-25-12-14/h6,10,12-13,15-16,21,24H,4-5,7-9,11H2,1-3H3,(H,22,23)/t13-,15+,16+,18-,19-,20+/m0/s1. The highest BCUT2D eigenvalue weighted by Crippen LogP contribution is 2.63. The van der Waals surface area contributed by atoms with Crippen molar-refractivity contribution in [2.45, 2.75) is 71.0 Å². The van der Waals surface area contributed by atoms with Gasteiger partial charge in [0.2, 0.25) is 0 Å². The first-order valence-electron chi connectivity index (χ1n) is 9.30. The zero-order valence-electron chi connectivity index (χ0n) is 15.4. The number of furan rings is 1. The Labute approximate surface area is 149 Å². The van der Waals surface area contributed by atoms with Crippen LogP contribution in [-0.2, 0) is 11.2 Å². The number of aliphatic hydroxyl groups excluding tert-OH is 1. The highest BCUT2D eigenvalue weighted by atomic mass is 16.4. The average Bonchev–Trinajstić information content (AvgIpc) is 3.04. The molecule has 25 heavy (non-hydrogen) atoms. The van der Waals surface area contributed by atoms with Crippen molar-refractivity contribution in [2.24, 2.45) is 22.7 Å². The molecule has 2 aliphatic rings. The molecule has 0 bridgehead atoms. The normalized spacial score (nSPS) is 44.3. The van der Waals surface area contributed by atoms with Crippen LogP contribution in [0.1, 0.15) is 58.4 Å². The lowest BCUT2D eigenvalue weighted by molar-refractivity contribution is -0.248. The molecule has 0 radical (unpaired) electrons. The zero-order valence-corrected chi connectivity index (χ0v) is 15.4. The van der Waals surface area contributed by atoms with Crippen LogP contribution in [0.2, 0.25) is 0 Å². The highest BCUT2D eigenvalue weighted by Gasteiger charge is 2.66. The van der Waals surface area contributed by atoms with E-state index in [0.717, 1.165) is 18.4 Å². The van der Waals surface area contributed by atoms with E-state index >= 15 is 0 Å². The van der Waals surface area contributed by atoms with Gasteiger partial charge in [0.25, 0.3) is 0 Å². The van der Waals surface area contributed by atoms with E-state index in [9.17, 15) is 20.1 Å². The third-order valence-electron chi connectivity index (χ3n) is 7.41. The second-order valence-electron chi connectivity index (χ2n) is 8.73. The lowest BCUT2D eigenvalue weighted by atomic mass is 9.43. The van der Waals surface area contributed by atoms with Crippen LogP contribution in [-0.4, -0.2) is 33.0 Å². The molecule has 0 unspecified atom stereocenters. The Morgan fingerprint density at radius 1 is 1.36 bits per heavy atom. The van der Waals surface area contributed by atoms with Gasteiger partial charge in [0.05, 0.1) is 29.6 Å². The van der Waals surface area contributed by atoms with Gasteiger partial charge < -0.3 is 19.7 Å². The molecule has 3 N–H and O–H groups in total. The molecule has 0 saturated heterocycles. The minimum Gasteiger partial charge on any atom is -0.481 e. The predicted molar refractivity (Wildman–Crippen MR) is 93.0 cm³/mol. The number of fused-ring (bicyclic) bond motifs is 1. The Hall–Kier alpha value is -1.33. The van der Waals surface area contributed by atoms with Crippen LogP contribution in [0.5, 0.6) is 0 Å². The third kappa shape index (κ3) is 2.63. The molecule has 1 aromatic heterocycles. The summed E-state index contributed by atoms with van der Waals surface area (Å²) in [6.07, 6.45) is 6.32. The van der Waals surface area contributed by atoms with Crippen LogP contribution in [0.15, 0.2) is 23.0 Å². The number of carbonyl (C=O) groups is 1. The van der Waals surface area contributed by atoms with Gasteiger partial charge in [0.1, 0.15) is 0 Å². The Morgan fingerprint density at radius 3 is 2.68 bits per heavy atom. The summed E-state index contributed by atoms with van der Waals surface area (Å²) in [5, 5.41) is 32.5. The number of hydrogen-bond acceptors (Lipinski definition) is 4. The van der Waals surface area contributed by atoms with E-state index in [1.807, 2.05) is 19.9 Å². The second kappa shape index (κ2) is 6.13. The van der Waals surface area contributed by atoms with Crippen molar-refractivity contribution in [3.8, 4) is 0 Å². The molecule has 0 amide bonds. The fourth-order valence-corrected chi connectivity index (χ4v) is 5.97. The zero-order chi connectivity index (χ0) is 18.5. The highest BCUT2D eigenvalue weighted by molar-refractivity contribution is 5.75. The molecule has 2 fully saturated rings. The van der Waals surface area contributed by atoms with Crippen LogP contribution in [0.3, 0.4) is 0 Å². The number of carboxylic acids is 1. The molecule has 0 spiro atoms. The van der Waals surface area contributed by atoms with Crippen molar-refractivity contribution < 1.29 is 24.5 Å². The molecule has 6 atom stereocenters. The van der Waals surface area contributed by atoms with E-state index in [0.29, 0.717) is 25.7 Å². The van der Waals surface area contributed by atoms with E-state index in [2.05, 4.69) is 0 Å². The summed E-state index contributed by atoms with van der Waals surface area (Å²) >= 11 is 0. The topological polar surface area (TPSA) is 90.9 Å². The van der Waals surface area contributed by atoms with Crippen LogP contribution in [0.25, 0.3) is 0 Å². The van der Waals surface area contributed by atoms with Gasteiger partial charge in [0, 0.05) is 11.3 Å². The number of rotatable bonds is 4. The number of hydrogen-bond donors (Lipinski definition) is 3. The largest absolute Gasteiger partial charge is 0.481 e. The summed E-state index contributed by atoms with van der Waals surface area (Å²) in [7, 11) is 0. The minimum atomic E-state index is -1.01. The molecule has 1 heterocycles. The molecule has 140 valence electrons. The lowest BCUT2D eigenvalue weighted by Crippen LogP contribution is -2.68. The van der Waals surface area contributed by atoms with Crippen molar-refractivity contribution >= 4 is 5.97 Å². The summed E-state index contributed by atoms with van der Waals surface area (Å²) in [5.74, 6) is -1.40. The van der Waals surface area contributed by atoms with Crippen LogP contribution < -0.4 is 0 Å². The fraction of sp³-hybridized carbons (Fsp3) is 0.750. The Balaban J connectivity index is 1.98. The monoisotopic (exact) mass is 350 g/mol. The van der Waals surface area contributed by atoms with Crippen LogP contribution >= 0.6 is 0 Å². The van der Waals surface area contributed by atoms with Crippen LogP contribution in [0, 0.1) is 22.7 Å². The smallest absolute Gasteiger partial charge is 0.309 e. The van der Waals surface area contributed by atoms with Gasteiger partial charge in [-0.2, -0.15) is 0 Å². The maximum absolute atomic E-state index is 12.1. The van der Waals surface area contributed by atoms with Gasteiger partial charge in [-0.3, -0.25) is 4.79 Å². The first-order chi connectivity index (χ1) is 11.6. The van der Waals surface area contributed by atoms with Gasteiger partial charge >= 0.3 is 5.97 Å². The first kappa shape index (κ1) is 18.5.